The van der Waals surface area contributed by atoms with Gasteiger partial charge in [-0.3, -0.25) is 0 Å². The van der Waals surface area contributed by atoms with Crippen molar-refractivity contribution in [1.82, 2.24) is 10.3 Å². The fraction of sp³-hybridized carbons (Fsp3) is 0.438. The van der Waals surface area contributed by atoms with Gasteiger partial charge in [0.25, 0.3) is 5.19 Å². The molecule has 1 fully saturated rings. The van der Waals surface area contributed by atoms with E-state index in [1.165, 1.54) is 17.6 Å². The first-order chi connectivity index (χ1) is 11.0. The number of ether oxygens (including phenoxy) is 1. The van der Waals surface area contributed by atoms with E-state index in [1.807, 2.05) is 0 Å². The maximum absolute atomic E-state index is 11.5. The van der Waals surface area contributed by atoms with E-state index >= 15 is 0 Å². The number of sulfone groups is 1. The molecule has 1 aromatic carbocycles. The molecule has 1 saturated heterocycles. The van der Waals surface area contributed by atoms with E-state index in [4.69, 9.17) is 4.74 Å². The Balaban J connectivity index is 1.64. The van der Waals surface area contributed by atoms with E-state index in [2.05, 4.69) is 10.3 Å². The summed E-state index contributed by atoms with van der Waals surface area (Å²) in [4.78, 5) is 5.61. The van der Waals surface area contributed by atoms with Gasteiger partial charge in [-0.1, -0.05) is 23.5 Å². The number of rotatable bonds is 5. The van der Waals surface area contributed by atoms with Crippen molar-refractivity contribution in [1.29, 1.82) is 0 Å². The summed E-state index contributed by atoms with van der Waals surface area (Å²) < 4.78 is 28.8. The van der Waals surface area contributed by atoms with Gasteiger partial charge in [0.1, 0.15) is 0 Å². The molecule has 0 aliphatic carbocycles. The molecular formula is C16H20N2O3S2. The smallest absolute Gasteiger partial charge is 0.273 e. The second-order valence-corrected chi connectivity index (χ2v) is 8.80. The molecule has 0 saturated carbocycles. The zero-order chi connectivity index (χ0) is 16.3. The minimum absolute atomic E-state index is 0.327. The van der Waals surface area contributed by atoms with E-state index in [0.29, 0.717) is 22.6 Å². The zero-order valence-corrected chi connectivity index (χ0v) is 14.6. The predicted octanol–water partition coefficient (Wildman–Crippen LogP) is 2.59. The van der Waals surface area contributed by atoms with Gasteiger partial charge < -0.3 is 10.1 Å². The molecule has 0 spiro atoms. The molecule has 2 heterocycles. The SMILES string of the molecule is CS(=O)(=O)c1ccc(-c2cnc(OCC3CCNCC3)s2)cc1. The molecule has 0 amide bonds. The van der Waals surface area contributed by atoms with Crippen LogP contribution in [0.3, 0.4) is 0 Å². The lowest BCUT2D eigenvalue weighted by molar-refractivity contribution is 0.214. The molecule has 124 valence electrons. The lowest BCUT2D eigenvalue weighted by Gasteiger charge is -2.21. The molecule has 1 aliphatic rings. The normalized spacial score (nSPS) is 16.4. The Bertz CT molecular complexity index is 748. The van der Waals surface area contributed by atoms with Crippen LogP contribution in [0.15, 0.2) is 35.4 Å². The summed E-state index contributed by atoms with van der Waals surface area (Å²) in [7, 11) is -3.16. The summed E-state index contributed by atoms with van der Waals surface area (Å²) in [5.74, 6) is 0.595. The minimum Gasteiger partial charge on any atom is -0.470 e. The van der Waals surface area contributed by atoms with Crippen molar-refractivity contribution < 1.29 is 13.2 Å². The van der Waals surface area contributed by atoms with Crippen LogP contribution < -0.4 is 10.1 Å². The average molecular weight is 352 g/mol. The van der Waals surface area contributed by atoms with Gasteiger partial charge >= 0.3 is 0 Å². The summed E-state index contributed by atoms with van der Waals surface area (Å²) in [5.41, 5.74) is 0.951. The highest BCUT2D eigenvalue weighted by molar-refractivity contribution is 7.90. The Kier molecular flexibility index (Phi) is 4.99. The number of aromatic nitrogens is 1. The van der Waals surface area contributed by atoms with Crippen LogP contribution in [0.25, 0.3) is 10.4 Å². The molecule has 1 aliphatic heterocycles. The number of thiazole rings is 1. The number of nitrogens with one attached hydrogen (secondary N) is 1. The lowest BCUT2D eigenvalue weighted by atomic mass is 9.99. The standard InChI is InChI=1S/C16H20N2O3S2/c1-23(19,20)14-4-2-13(3-5-14)15-10-18-16(22-15)21-11-12-6-8-17-9-7-12/h2-5,10,12,17H,6-9,11H2,1H3. The second-order valence-electron chi connectivity index (χ2n) is 5.79. The Morgan fingerprint density at radius 3 is 2.61 bits per heavy atom. The van der Waals surface area contributed by atoms with Crippen LogP contribution in [0.4, 0.5) is 0 Å². The molecule has 2 aromatic rings. The number of piperidine rings is 1. The first kappa shape index (κ1) is 16.4. The number of hydrogen-bond donors (Lipinski definition) is 1. The molecule has 7 heteroatoms. The van der Waals surface area contributed by atoms with Crippen LogP contribution in [0.2, 0.25) is 0 Å². The van der Waals surface area contributed by atoms with Crippen LogP contribution in [-0.2, 0) is 9.84 Å². The van der Waals surface area contributed by atoms with Crippen molar-refractivity contribution in [2.45, 2.75) is 17.7 Å². The third-order valence-electron chi connectivity index (χ3n) is 3.95. The van der Waals surface area contributed by atoms with Gasteiger partial charge in [0.05, 0.1) is 16.4 Å². The number of hydrogen-bond acceptors (Lipinski definition) is 6. The summed E-state index contributed by atoms with van der Waals surface area (Å²) in [6.45, 7) is 2.83. The molecule has 3 rings (SSSR count). The monoisotopic (exact) mass is 352 g/mol. The molecule has 0 bridgehead atoms. The summed E-state index contributed by atoms with van der Waals surface area (Å²) in [6.07, 6.45) is 5.27. The Morgan fingerprint density at radius 1 is 1.26 bits per heavy atom. The van der Waals surface area contributed by atoms with Crippen LogP contribution in [0.1, 0.15) is 12.8 Å². The fourth-order valence-corrected chi connectivity index (χ4v) is 3.97. The largest absolute Gasteiger partial charge is 0.470 e. The van der Waals surface area contributed by atoms with Gasteiger partial charge in [0.2, 0.25) is 0 Å². The topological polar surface area (TPSA) is 68.3 Å². The lowest BCUT2D eigenvalue weighted by Crippen LogP contribution is -2.30. The van der Waals surface area contributed by atoms with E-state index in [0.717, 1.165) is 36.4 Å². The fourth-order valence-electron chi connectivity index (χ4n) is 2.56. The van der Waals surface area contributed by atoms with Gasteiger partial charge in [-0.25, -0.2) is 13.4 Å². The van der Waals surface area contributed by atoms with Crippen LogP contribution >= 0.6 is 11.3 Å². The van der Waals surface area contributed by atoms with Crippen molar-refractivity contribution in [3.8, 4) is 15.6 Å². The van der Waals surface area contributed by atoms with Gasteiger partial charge in [-0.05, 0) is 49.5 Å². The predicted molar refractivity (Wildman–Crippen MR) is 91.7 cm³/mol. The van der Waals surface area contributed by atoms with E-state index in [-0.39, 0.29) is 0 Å². The maximum atomic E-state index is 11.5. The molecule has 0 radical (unpaired) electrons. The summed E-state index contributed by atoms with van der Waals surface area (Å²) in [5, 5.41) is 4.01. The van der Waals surface area contributed by atoms with Gasteiger partial charge in [-0.2, -0.15) is 0 Å². The minimum atomic E-state index is -3.16. The first-order valence-electron chi connectivity index (χ1n) is 7.62. The maximum Gasteiger partial charge on any atom is 0.273 e. The van der Waals surface area contributed by atoms with E-state index < -0.39 is 9.84 Å². The van der Waals surface area contributed by atoms with Crippen molar-refractivity contribution in [2.24, 2.45) is 5.92 Å². The van der Waals surface area contributed by atoms with Gasteiger partial charge in [0.15, 0.2) is 9.84 Å². The van der Waals surface area contributed by atoms with Crippen molar-refractivity contribution in [3.63, 3.8) is 0 Å². The van der Waals surface area contributed by atoms with Crippen molar-refractivity contribution in [3.05, 3.63) is 30.5 Å². The second kappa shape index (κ2) is 6.98. The highest BCUT2D eigenvalue weighted by Crippen LogP contribution is 2.31. The highest BCUT2D eigenvalue weighted by atomic mass is 32.2. The molecule has 1 N–H and O–H groups in total. The molecule has 5 nitrogen and oxygen atoms in total. The van der Waals surface area contributed by atoms with E-state index in [1.54, 1.807) is 30.5 Å². The third kappa shape index (κ3) is 4.31. The Labute approximate surface area is 140 Å². The molecule has 1 aromatic heterocycles. The van der Waals surface area contributed by atoms with Gasteiger partial charge in [0, 0.05) is 12.5 Å². The molecular weight excluding hydrogens is 332 g/mol. The molecule has 0 atom stereocenters. The quantitative estimate of drug-likeness (QED) is 0.896. The summed E-state index contributed by atoms with van der Waals surface area (Å²) >= 11 is 1.49. The van der Waals surface area contributed by atoms with Gasteiger partial charge in [-0.15, -0.1) is 0 Å². The summed E-state index contributed by atoms with van der Waals surface area (Å²) in [6, 6.07) is 6.86. The third-order valence-corrected chi connectivity index (χ3v) is 6.04. The highest BCUT2D eigenvalue weighted by Gasteiger charge is 2.15. The average Bonchev–Trinajstić information content (AvgIpc) is 3.02. The Hall–Kier alpha value is -1.44. The van der Waals surface area contributed by atoms with Crippen LogP contribution in [0.5, 0.6) is 5.19 Å². The molecule has 23 heavy (non-hydrogen) atoms. The van der Waals surface area contributed by atoms with E-state index in [9.17, 15) is 8.42 Å². The van der Waals surface area contributed by atoms with Crippen LogP contribution in [-0.4, -0.2) is 39.4 Å². The Morgan fingerprint density at radius 2 is 1.96 bits per heavy atom. The first-order valence-corrected chi connectivity index (χ1v) is 10.3. The number of nitrogens with zero attached hydrogens (tertiary/aromatic N) is 1. The number of benzene rings is 1. The molecule has 0 unspecified atom stereocenters. The van der Waals surface area contributed by atoms with Crippen LogP contribution in [0, 0.1) is 5.92 Å². The zero-order valence-electron chi connectivity index (χ0n) is 13.0. The van der Waals surface area contributed by atoms with Crippen molar-refractivity contribution in [2.75, 3.05) is 26.0 Å². The van der Waals surface area contributed by atoms with Crippen molar-refractivity contribution >= 4 is 21.2 Å².